The molecule has 0 bridgehead atoms. The summed E-state index contributed by atoms with van der Waals surface area (Å²) < 4.78 is 13.8. The number of Topliss-reactive ketones (excluding diaryl/α,β-unsaturated/α-hetero) is 1. The number of nitrogens with one attached hydrogen (secondary N) is 1. The van der Waals surface area contributed by atoms with Crippen LogP contribution in [0.15, 0.2) is 22.7 Å². The summed E-state index contributed by atoms with van der Waals surface area (Å²) in [5, 5.41) is 2.31. The summed E-state index contributed by atoms with van der Waals surface area (Å²) in [5.41, 5.74) is 0.0736. The zero-order valence-electron chi connectivity index (χ0n) is 8.01. The lowest BCUT2D eigenvalue weighted by Gasteiger charge is -2.05. The topological polar surface area (TPSA) is 46.2 Å². The van der Waals surface area contributed by atoms with Gasteiger partial charge in [-0.2, -0.15) is 0 Å². The molecular formula is C10H9BrFNO2. The predicted molar refractivity (Wildman–Crippen MR) is 58.0 cm³/mol. The van der Waals surface area contributed by atoms with E-state index in [9.17, 15) is 14.0 Å². The molecule has 0 radical (unpaired) electrons. The molecule has 1 rings (SSSR count). The molecule has 3 nitrogen and oxygen atoms in total. The second-order valence-electron chi connectivity index (χ2n) is 3.05. The average molecular weight is 274 g/mol. The van der Waals surface area contributed by atoms with Gasteiger partial charge in [0.1, 0.15) is 11.6 Å². The van der Waals surface area contributed by atoms with E-state index in [4.69, 9.17) is 0 Å². The van der Waals surface area contributed by atoms with E-state index in [0.29, 0.717) is 4.47 Å². The van der Waals surface area contributed by atoms with Gasteiger partial charge in [0.15, 0.2) is 0 Å². The van der Waals surface area contributed by atoms with Gasteiger partial charge in [-0.1, -0.05) is 15.9 Å². The highest BCUT2D eigenvalue weighted by molar-refractivity contribution is 9.10. The maximum absolute atomic E-state index is 13.2. The van der Waals surface area contributed by atoms with Crippen molar-refractivity contribution in [2.24, 2.45) is 0 Å². The minimum absolute atomic E-state index is 0.0736. The number of ketones is 1. The second kappa shape index (κ2) is 5.02. The minimum Gasteiger partial charge on any atom is -0.323 e. The SMILES string of the molecule is CC(=O)CC(=O)Nc1ccc(Br)cc1F. The van der Waals surface area contributed by atoms with Crippen LogP contribution in [0.2, 0.25) is 0 Å². The third-order valence-electron chi connectivity index (χ3n) is 1.61. The first-order valence-corrected chi connectivity index (χ1v) is 5.02. The molecule has 0 aromatic heterocycles. The summed E-state index contributed by atoms with van der Waals surface area (Å²) in [6.07, 6.45) is -0.241. The van der Waals surface area contributed by atoms with E-state index >= 15 is 0 Å². The smallest absolute Gasteiger partial charge is 0.231 e. The first kappa shape index (κ1) is 11.8. The number of carbonyl (C=O) groups is 2. The lowest BCUT2D eigenvalue weighted by molar-refractivity contribution is -0.124. The summed E-state index contributed by atoms with van der Waals surface area (Å²) >= 11 is 3.10. The van der Waals surface area contributed by atoms with Crippen molar-refractivity contribution in [3.63, 3.8) is 0 Å². The van der Waals surface area contributed by atoms with Crippen molar-refractivity contribution in [3.05, 3.63) is 28.5 Å². The van der Waals surface area contributed by atoms with Crippen molar-refractivity contribution in [2.45, 2.75) is 13.3 Å². The number of carbonyl (C=O) groups excluding carboxylic acids is 2. The van der Waals surface area contributed by atoms with Crippen LogP contribution in [0.1, 0.15) is 13.3 Å². The van der Waals surface area contributed by atoms with Crippen LogP contribution in [-0.2, 0) is 9.59 Å². The van der Waals surface area contributed by atoms with E-state index in [1.165, 1.54) is 19.1 Å². The van der Waals surface area contributed by atoms with E-state index in [0.717, 1.165) is 0 Å². The highest BCUT2D eigenvalue weighted by Crippen LogP contribution is 2.19. The Morgan fingerprint density at radius 1 is 1.47 bits per heavy atom. The highest BCUT2D eigenvalue weighted by atomic mass is 79.9. The molecule has 0 heterocycles. The summed E-state index contributed by atoms with van der Waals surface area (Å²) in [5.74, 6) is -1.31. The number of amides is 1. The summed E-state index contributed by atoms with van der Waals surface area (Å²) in [7, 11) is 0. The molecule has 15 heavy (non-hydrogen) atoms. The number of hydrogen-bond donors (Lipinski definition) is 1. The molecule has 0 aliphatic heterocycles. The van der Waals surface area contributed by atoms with Gasteiger partial charge in [-0.05, 0) is 25.1 Å². The van der Waals surface area contributed by atoms with Gasteiger partial charge in [0, 0.05) is 4.47 Å². The molecule has 80 valence electrons. The molecule has 0 saturated carbocycles. The fourth-order valence-electron chi connectivity index (χ4n) is 1.01. The third-order valence-corrected chi connectivity index (χ3v) is 2.11. The van der Waals surface area contributed by atoms with Crippen LogP contribution in [0, 0.1) is 5.82 Å². The van der Waals surface area contributed by atoms with Gasteiger partial charge < -0.3 is 5.32 Å². The largest absolute Gasteiger partial charge is 0.323 e. The maximum Gasteiger partial charge on any atom is 0.231 e. The Morgan fingerprint density at radius 3 is 2.67 bits per heavy atom. The van der Waals surface area contributed by atoms with Crippen LogP contribution in [-0.4, -0.2) is 11.7 Å². The van der Waals surface area contributed by atoms with Gasteiger partial charge >= 0.3 is 0 Å². The van der Waals surface area contributed by atoms with E-state index in [2.05, 4.69) is 21.2 Å². The Kier molecular flexibility index (Phi) is 3.96. The van der Waals surface area contributed by atoms with Crippen LogP contribution in [0.25, 0.3) is 0 Å². The normalized spacial score (nSPS) is 9.80. The summed E-state index contributed by atoms with van der Waals surface area (Å²) in [6, 6.07) is 4.27. The zero-order valence-corrected chi connectivity index (χ0v) is 9.60. The number of anilines is 1. The molecule has 5 heteroatoms. The van der Waals surface area contributed by atoms with Crippen LogP contribution in [0.4, 0.5) is 10.1 Å². The number of rotatable bonds is 3. The van der Waals surface area contributed by atoms with Gasteiger partial charge in [-0.3, -0.25) is 9.59 Å². The van der Waals surface area contributed by atoms with Gasteiger partial charge in [0.2, 0.25) is 5.91 Å². The molecule has 1 aromatic rings. The molecule has 1 amide bonds. The molecular weight excluding hydrogens is 265 g/mol. The molecule has 0 unspecified atom stereocenters. The van der Waals surface area contributed by atoms with Crippen molar-refractivity contribution in [1.82, 2.24) is 0 Å². The summed E-state index contributed by atoms with van der Waals surface area (Å²) in [6.45, 7) is 1.30. The molecule has 0 spiro atoms. The summed E-state index contributed by atoms with van der Waals surface area (Å²) in [4.78, 5) is 21.8. The molecule has 0 atom stereocenters. The molecule has 1 aromatic carbocycles. The number of halogens is 2. The fourth-order valence-corrected chi connectivity index (χ4v) is 1.34. The number of hydrogen-bond acceptors (Lipinski definition) is 2. The predicted octanol–water partition coefficient (Wildman–Crippen LogP) is 2.51. The quantitative estimate of drug-likeness (QED) is 0.861. The molecule has 0 saturated heterocycles. The fraction of sp³-hybridized carbons (Fsp3) is 0.200. The lowest BCUT2D eigenvalue weighted by Crippen LogP contribution is -2.15. The third kappa shape index (κ3) is 3.79. The van der Waals surface area contributed by atoms with Gasteiger partial charge in [-0.15, -0.1) is 0 Å². The zero-order chi connectivity index (χ0) is 11.4. The molecule has 0 aliphatic carbocycles. The lowest BCUT2D eigenvalue weighted by atomic mass is 10.2. The van der Waals surface area contributed by atoms with Gasteiger partial charge in [0.05, 0.1) is 12.1 Å². The molecule has 0 fully saturated rings. The Bertz CT molecular complexity index is 406. The first-order chi connectivity index (χ1) is 6.99. The minimum atomic E-state index is -0.540. The van der Waals surface area contributed by atoms with E-state index in [1.54, 1.807) is 6.07 Å². The Hall–Kier alpha value is -1.23. The van der Waals surface area contributed by atoms with Gasteiger partial charge in [-0.25, -0.2) is 4.39 Å². The Labute approximate surface area is 94.8 Å². The van der Waals surface area contributed by atoms with E-state index in [1.807, 2.05) is 0 Å². The van der Waals surface area contributed by atoms with Crippen LogP contribution in [0.5, 0.6) is 0 Å². The van der Waals surface area contributed by atoms with Crippen molar-refractivity contribution < 1.29 is 14.0 Å². The Balaban J connectivity index is 2.72. The monoisotopic (exact) mass is 273 g/mol. The second-order valence-corrected chi connectivity index (χ2v) is 3.97. The molecule has 1 N–H and O–H groups in total. The standard InChI is InChI=1S/C10H9BrFNO2/c1-6(14)4-10(15)13-9-3-2-7(11)5-8(9)12/h2-3,5H,4H2,1H3,(H,13,15). The van der Waals surface area contributed by atoms with Gasteiger partial charge in [0.25, 0.3) is 0 Å². The van der Waals surface area contributed by atoms with Crippen molar-refractivity contribution in [1.29, 1.82) is 0 Å². The first-order valence-electron chi connectivity index (χ1n) is 4.23. The van der Waals surface area contributed by atoms with E-state index < -0.39 is 11.7 Å². The Morgan fingerprint density at radius 2 is 2.13 bits per heavy atom. The van der Waals surface area contributed by atoms with Crippen molar-refractivity contribution >= 4 is 33.3 Å². The van der Waals surface area contributed by atoms with E-state index in [-0.39, 0.29) is 17.9 Å². The highest BCUT2D eigenvalue weighted by Gasteiger charge is 2.08. The average Bonchev–Trinajstić information content (AvgIpc) is 2.08. The maximum atomic E-state index is 13.2. The molecule has 0 aliphatic rings. The van der Waals surface area contributed by atoms with Crippen LogP contribution in [0.3, 0.4) is 0 Å². The van der Waals surface area contributed by atoms with Crippen LogP contribution >= 0.6 is 15.9 Å². The van der Waals surface area contributed by atoms with Crippen molar-refractivity contribution in [3.8, 4) is 0 Å². The van der Waals surface area contributed by atoms with Crippen molar-refractivity contribution in [2.75, 3.05) is 5.32 Å². The number of benzene rings is 1. The van der Waals surface area contributed by atoms with Crippen LogP contribution < -0.4 is 5.32 Å².